The average molecular weight is 420 g/mol. The Kier molecular flexibility index (Phi) is 6.26. The number of halogens is 3. The molecule has 10 heteroatoms. The van der Waals surface area contributed by atoms with Crippen LogP contribution in [0.3, 0.4) is 0 Å². The molecule has 2 aromatic carbocycles. The van der Waals surface area contributed by atoms with E-state index in [1.807, 2.05) is 0 Å². The van der Waals surface area contributed by atoms with Crippen molar-refractivity contribution in [2.75, 3.05) is 7.11 Å². The molecule has 3 rings (SSSR count). The van der Waals surface area contributed by atoms with Crippen LogP contribution in [0.15, 0.2) is 59.5 Å². The fourth-order valence-electron chi connectivity index (χ4n) is 2.75. The van der Waals surface area contributed by atoms with Crippen molar-refractivity contribution in [3.8, 4) is 11.7 Å². The largest absolute Gasteiger partial charge is 0.467 e. The molecule has 0 amide bonds. The van der Waals surface area contributed by atoms with Crippen molar-refractivity contribution in [2.24, 2.45) is 7.05 Å². The second kappa shape index (κ2) is 8.87. The lowest BCUT2D eigenvalue weighted by atomic mass is 10.1. The molecule has 0 spiro atoms. The summed E-state index contributed by atoms with van der Waals surface area (Å²) in [4.78, 5) is 17.7. The summed E-state index contributed by atoms with van der Waals surface area (Å²) in [7, 11) is 2.93. The zero-order chi connectivity index (χ0) is 21.7. The van der Waals surface area contributed by atoms with Gasteiger partial charge in [-0.05, 0) is 29.8 Å². The van der Waals surface area contributed by atoms with E-state index in [2.05, 4.69) is 10.6 Å². The van der Waals surface area contributed by atoms with Crippen molar-refractivity contribution < 1.29 is 22.7 Å². The summed E-state index contributed by atoms with van der Waals surface area (Å²) >= 11 is 0. The van der Waals surface area contributed by atoms with Gasteiger partial charge < -0.3 is 4.74 Å². The van der Waals surface area contributed by atoms with E-state index in [1.54, 1.807) is 30.3 Å². The fraction of sp³-hybridized carbons (Fsp3) is 0.200. The number of nitrogens with one attached hydrogen (secondary N) is 1. The van der Waals surface area contributed by atoms with Crippen LogP contribution in [-0.2, 0) is 24.7 Å². The van der Waals surface area contributed by atoms with E-state index in [0.29, 0.717) is 16.8 Å². The van der Waals surface area contributed by atoms with Gasteiger partial charge in [0, 0.05) is 18.8 Å². The van der Waals surface area contributed by atoms with Crippen LogP contribution >= 0.6 is 0 Å². The van der Waals surface area contributed by atoms with Gasteiger partial charge >= 0.3 is 17.9 Å². The third kappa shape index (κ3) is 4.71. The summed E-state index contributed by atoms with van der Waals surface area (Å²) in [6.45, 7) is 0.0770. The number of aryl methyl sites for hydroxylation is 1. The third-order valence-corrected chi connectivity index (χ3v) is 4.18. The minimum Gasteiger partial charge on any atom is -0.467 e. The molecule has 1 aromatic heterocycles. The maximum absolute atomic E-state index is 12.8. The summed E-state index contributed by atoms with van der Waals surface area (Å²) in [5, 5.41) is 4.01. The number of methoxy groups -OCH3 is 1. The zero-order valence-corrected chi connectivity index (χ0v) is 16.2. The van der Waals surface area contributed by atoms with Gasteiger partial charge in [0.1, 0.15) is 6.61 Å². The van der Waals surface area contributed by atoms with E-state index in [1.165, 1.54) is 37.1 Å². The van der Waals surface area contributed by atoms with Gasteiger partial charge in [0.2, 0.25) is 0 Å². The highest BCUT2D eigenvalue weighted by molar-refractivity contribution is 5.50. The van der Waals surface area contributed by atoms with Crippen molar-refractivity contribution in [1.82, 2.24) is 19.8 Å². The van der Waals surface area contributed by atoms with Gasteiger partial charge in [-0.3, -0.25) is 10.3 Å². The molecule has 0 aliphatic heterocycles. The molecule has 0 bridgehead atoms. The Balaban J connectivity index is 1.69. The molecule has 0 aliphatic carbocycles. The molecule has 1 N–H and O–H groups in total. The standard InChI is InChI=1S/C20H19F3N4O3/c1-26-19(28)27(18(25-26)29-2)17-9-4-3-7-15(17)13-30-24-11-10-14-6-5-8-16(12-14)20(21,22)23/h3-12,24H,13H2,1-2H3. The average Bonchev–Trinajstić information content (AvgIpc) is 3.01. The molecule has 0 radical (unpaired) electrons. The molecule has 7 nitrogen and oxygen atoms in total. The molecular formula is C20H19F3N4O3. The Hall–Kier alpha value is -3.53. The Morgan fingerprint density at radius 3 is 2.67 bits per heavy atom. The molecule has 0 aliphatic rings. The summed E-state index contributed by atoms with van der Waals surface area (Å²) in [5.41, 5.74) is 3.04. The molecule has 1 heterocycles. The van der Waals surface area contributed by atoms with Crippen molar-refractivity contribution in [2.45, 2.75) is 12.8 Å². The first-order chi connectivity index (χ1) is 14.3. The number of hydroxylamine groups is 1. The lowest BCUT2D eigenvalue weighted by Crippen LogP contribution is -2.22. The summed E-state index contributed by atoms with van der Waals surface area (Å²) < 4.78 is 45.9. The lowest BCUT2D eigenvalue weighted by Gasteiger charge is -2.11. The first kappa shape index (κ1) is 21.2. The van der Waals surface area contributed by atoms with Crippen LogP contribution in [0.2, 0.25) is 0 Å². The zero-order valence-electron chi connectivity index (χ0n) is 16.2. The number of benzene rings is 2. The highest BCUT2D eigenvalue weighted by Gasteiger charge is 2.30. The second-order valence-corrected chi connectivity index (χ2v) is 6.22. The monoisotopic (exact) mass is 420 g/mol. The quantitative estimate of drug-likeness (QED) is 0.469. The predicted molar refractivity (Wildman–Crippen MR) is 104 cm³/mol. The first-order valence-electron chi connectivity index (χ1n) is 8.80. The van der Waals surface area contributed by atoms with Crippen LogP contribution in [0.1, 0.15) is 16.7 Å². The number of hydrogen-bond acceptors (Lipinski definition) is 5. The number of hydrogen-bond donors (Lipinski definition) is 1. The topological polar surface area (TPSA) is 70.3 Å². The maximum Gasteiger partial charge on any atom is 0.416 e. The summed E-state index contributed by atoms with van der Waals surface area (Å²) in [6, 6.07) is 12.1. The number of rotatable bonds is 7. The van der Waals surface area contributed by atoms with Gasteiger partial charge in [0.15, 0.2) is 0 Å². The van der Waals surface area contributed by atoms with Crippen LogP contribution in [0.25, 0.3) is 11.8 Å². The molecule has 3 aromatic rings. The molecule has 158 valence electrons. The first-order valence-corrected chi connectivity index (χ1v) is 8.80. The number of nitrogens with zero attached hydrogens (tertiary/aromatic N) is 3. The van der Waals surface area contributed by atoms with Crippen LogP contribution in [-0.4, -0.2) is 21.5 Å². The SMILES string of the molecule is COc1nn(C)c(=O)n1-c1ccccc1CONC=Cc1cccc(C(F)(F)F)c1. The molecular weight excluding hydrogens is 401 g/mol. The summed E-state index contributed by atoms with van der Waals surface area (Å²) in [6.07, 6.45) is -1.56. The smallest absolute Gasteiger partial charge is 0.416 e. The Labute approximate surface area is 169 Å². The van der Waals surface area contributed by atoms with Crippen LogP contribution in [0.4, 0.5) is 13.2 Å². The molecule has 30 heavy (non-hydrogen) atoms. The lowest BCUT2D eigenvalue weighted by molar-refractivity contribution is -0.137. The van der Waals surface area contributed by atoms with E-state index in [-0.39, 0.29) is 18.3 Å². The molecule has 0 fully saturated rings. The Morgan fingerprint density at radius 1 is 1.17 bits per heavy atom. The minimum absolute atomic E-state index is 0.0770. The maximum atomic E-state index is 12.8. The van der Waals surface area contributed by atoms with Gasteiger partial charge in [0.25, 0.3) is 0 Å². The van der Waals surface area contributed by atoms with Gasteiger partial charge in [-0.1, -0.05) is 30.3 Å². The highest BCUT2D eigenvalue weighted by atomic mass is 19.4. The molecule has 0 unspecified atom stereocenters. The molecule has 0 atom stereocenters. The number of ether oxygens (including phenoxy) is 1. The predicted octanol–water partition coefficient (Wildman–Crippen LogP) is 3.29. The molecule has 0 saturated carbocycles. The third-order valence-electron chi connectivity index (χ3n) is 4.18. The van der Waals surface area contributed by atoms with E-state index in [9.17, 15) is 18.0 Å². The number of para-hydroxylation sites is 1. The second-order valence-electron chi connectivity index (χ2n) is 6.22. The van der Waals surface area contributed by atoms with Crippen LogP contribution < -0.4 is 15.9 Å². The van der Waals surface area contributed by atoms with Gasteiger partial charge in [-0.25, -0.2) is 14.0 Å². The number of alkyl halides is 3. The Morgan fingerprint density at radius 2 is 1.93 bits per heavy atom. The Bertz CT molecular complexity index is 1100. The highest BCUT2D eigenvalue weighted by Crippen LogP contribution is 2.29. The van der Waals surface area contributed by atoms with Crippen LogP contribution in [0.5, 0.6) is 6.01 Å². The van der Waals surface area contributed by atoms with E-state index >= 15 is 0 Å². The van der Waals surface area contributed by atoms with Gasteiger partial charge in [-0.2, -0.15) is 13.2 Å². The fourth-order valence-corrected chi connectivity index (χ4v) is 2.75. The van der Waals surface area contributed by atoms with Crippen molar-refractivity contribution in [3.63, 3.8) is 0 Å². The van der Waals surface area contributed by atoms with E-state index in [4.69, 9.17) is 9.57 Å². The van der Waals surface area contributed by atoms with Crippen LogP contribution in [0, 0.1) is 0 Å². The van der Waals surface area contributed by atoms with Crippen molar-refractivity contribution in [3.05, 3.63) is 81.9 Å². The molecule has 0 saturated heterocycles. The van der Waals surface area contributed by atoms with Gasteiger partial charge in [-0.15, -0.1) is 5.10 Å². The summed E-state index contributed by atoms with van der Waals surface area (Å²) in [5.74, 6) is 0. The van der Waals surface area contributed by atoms with Crippen molar-refractivity contribution in [1.29, 1.82) is 0 Å². The van der Waals surface area contributed by atoms with Gasteiger partial charge in [0.05, 0.1) is 18.4 Å². The number of aromatic nitrogens is 3. The van der Waals surface area contributed by atoms with Crippen molar-refractivity contribution >= 4 is 6.08 Å². The van der Waals surface area contributed by atoms with E-state index in [0.717, 1.165) is 16.8 Å². The minimum atomic E-state index is -4.40. The van der Waals surface area contributed by atoms with E-state index < -0.39 is 11.7 Å². The normalized spacial score (nSPS) is 11.8.